The third kappa shape index (κ3) is 3.54. The van der Waals surface area contributed by atoms with E-state index in [4.69, 9.17) is 5.73 Å². The zero-order valence-electron chi connectivity index (χ0n) is 12.6. The second-order valence-corrected chi connectivity index (χ2v) is 8.01. The third-order valence-corrected chi connectivity index (χ3v) is 5.38. The number of nitrogens with two attached hydrogens (primary N) is 1. The van der Waals surface area contributed by atoms with E-state index >= 15 is 0 Å². The van der Waals surface area contributed by atoms with Gasteiger partial charge >= 0.3 is 0 Å². The van der Waals surface area contributed by atoms with Gasteiger partial charge in [-0.25, -0.2) is 4.39 Å². The number of halogens is 1. The molecule has 0 spiro atoms. The molecule has 3 atom stereocenters. The van der Waals surface area contributed by atoms with Gasteiger partial charge in [-0.3, -0.25) is 4.90 Å². The Morgan fingerprint density at radius 2 is 1.90 bits per heavy atom. The molecular formula is C16H25FN2S. The summed E-state index contributed by atoms with van der Waals surface area (Å²) in [4.78, 5) is 2.45. The summed E-state index contributed by atoms with van der Waals surface area (Å²) in [6.07, 6.45) is 0.667. The molecule has 1 aromatic carbocycles. The molecule has 0 bridgehead atoms. The minimum absolute atomic E-state index is 0.125. The average Bonchev–Trinajstić information content (AvgIpc) is 2.40. The van der Waals surface area contributed by atoms with Gasteiger partial charge in [0.2, 0.25) is 0 Å². The largest absolute Gasteiger partial charge is 0.329 e. The molecule has 1 aliphatic heterocycles. The van der Waals surface area contributed by atoms with Crippen LogP contribution in [-0.4, -0.2) is 40.6 Å². The molecule has 3 unspecified atom stereocenters. The molecule has 20 heavy (non-hydrogen) atoms. The fraction of sp³-hybridized carbons (Fsp3) is 0.625. The van der Waals surface area contributed by atoms with Crippen molar-refractivity contribution in [1.29, 1.82) is 0 Å². The van der Waals surface area contributed by atoms with Crippen LogP contribution in [0.4, 0.5) is 4.39 Å². The predicted molar refractivity (Wildman–Crippen MR) is 85.7 cm³/mol. The predicted octanol–water partition coefficient (Wildman–Crippen LogP) is 2.91. The maximum atomic E-state index is 13.9. The van der Waals surface area contributed by atoms with Gasteiger partial charge in [0.1, 0.15) is 5.82 Å². The number of hydrogen-bond acceptors (Lipinski definition) is 3. The summed E-state index contributed by atoms with van der Waals surface area (Å²) in [5.41, 5.74) is 6.64. The monoisotopic (exact) mass is 296 g/mol. The van der Waals surface area contributed by atoms with E-state index < -0.39 is 0 Å². The van der Waals surface area contributed by atoms with Gasteiger partial charge in [0.05, 0.1) is 0 Å². The first kappa shape index (κ1) is 15.8. The Bertz CT molecular complexity index is 444. The molecule has 2 nitrogen and oxygen atoms in total. The normalized spacial score (nSPS) is 27.2. The van der Waals surface area contributed by atoms with Gasteiger partial charge in [-0.05, 0) is 25.0 Å². The highest BCUT2D eigenvalue weighted by Gasteiger charge is 2.36. The standard InChI is InChI=1S/C16H25FN2S/c1-12-9-19(10-13(2)20-12)16(3,11-18)8-14-6-4-5-7-15(14)17/h4-7,12-13H,8-11,18H2,1-3H3. The quantitative estimate of drug-likeness (QED) is 0.926. The van der Waals surface area contributed by atoms with Gasteiger partial charge in [0.15, 0.2) is 0 Å². The molecule has 112 valence electrons. The van der Waals surface area contributed by atoms with Crippen LogP contribution in [-0.2, 0) is 6.42 Å². The molecule has 1 aromatic rings. The first-order valence-electron chi connectivity index (χ1n) is 7.28. The Kier molecular flexibility index (Phi) is 5.10. The second-order valence-electron chi connectivity index (χ2n) is 6.13. The van der Waals surface area contributed by atoms with E-state index in [-0.39, 0.29) is 11.4 Å². The number of thioether (sulfide) groups is 1. The van der Waals surface area contributed by atoms with Crippen LogP contribution in [0.25, 0.3) is 0 Å². The fourth-order valence-electron chi connectivity index (χ4n) is 2.98. The van der Waals surface area contributed by atoms with Gasteiger partial charge < -0.3 is 5.73 Å². The second kappa shape index (κ2) is 6.46. The summed E-state index contributed by atoms with van der Waals surface area (Å²) < 4.78 is 13.9. The minimum atomic E-state index is -0.175. The molecule has 0 aliphatic carbocycles. The van der Waals surface area contributed by atoms with E-state index in [9.17, 15) is 4.39 Å². The van der Waals surface area contributed by atoms with E-state index in [2.05, 4.69) is 25.7 Å². The highest BCUT2D eigenvalue weighted by molar-refractivity contribution is 8.00. The number of rotatable bonds is 4. The van der Waals surface area contributed by atoms with Crippen molar-refractivity contribution in [3.8, 4) is 0 Å². The molecule has 4 heteroatoms. The fourth-order valence-corrected chi connectivity index (χ4v) is 4.31. The van der Waals surface area contributed by atoms with Crippen molar-refractivity contribution >= 4 is 11.8 Å². The molecule has 1 saturated heterocycles. The molecule has 2 rings (SSSR count). The molecule has 0 saturated carbocycles. The number of hydrogen-bond donors (Lipinski definition) is 1. The zero-order chi connectivity index (χ0) is 14.8. The lowest BCUT2D eigenvalue weighted by Gasteiger charge is -2.46. The molecule has 1 heterocycles. The summed E-state index contributed by atoms with van der Waals surface area (Å²) in [5.74, 6) is -0.125. The van der Waals surface area contributed by atoms with Crippen molar-refractivity contribution in [1.82, 2.24) is 4.90 Å². The van der Waals surface area contributed by atoms with Crippen molar-refractivity contribution in [2.24, 2.45) is 5.73 Å². The van der Waals surface area contributed by atoms with Gasteiger partial charge in [0, 0.05) is 35.7 Å². The van der Waals surface area contributed by atoms with E-state index in [1.807, 2.05) is 23.9 Å². The minimum Gasteiger partial charge on any atom is -0.329 e. The van der Waals surface area contributed by atoms with Crippen molar-refractivity contribution in [3.05, 3.63) is 35.6 Å². The number of benzene rings is 1. The molecular weight excluding hydrogens is 271 g/mol. The van der Waals surface area contributed by atoms with Crippen LogP contribution >= 0.6 is 11.8 Å². The van der Waals surface area contributed by atoms with E-state index in [1.165, 1.54) is 6.07 Å². The topological polar surface area (TPSA) is 29.3 Å². The smallest absolute Gasteiger partial charge is 0.126 e. The van der Waals surface area contributed by atoms with Crippen LogP contribution in [0.3, 0.4) is 0 Å². The Hall–Kier alpha value is -0.580. The van der Waals surface area contributed by atoms with Gasteiger partial charge in [-0.15, -0.1) is 0 Å². The molecule has 0 amide bonds. The molecule has 0 aromatic heterocycles. The van der Waals surface area contributed by atoms with Crippen LogP contribution in [0.1, 0.15) is 26.3 Å². The molecule has 1 aliphatic rings. The zero-order valence-corrected chi connectivity index (χ0v) is 13.4. The van der Waals surface area contributed by atoms with Crippen LogP contribution in [0.15, 0.2) is 24.3 Å². The lowest BCUT2D eigenvalue weighted by atomic mass is 9.90. The average molecular weight is 296 g/mol. The Labute approximate surface area is 125 Å². The van der Waals surface area contributed by atoms with Gasteiger partial charge in [-0.2, -0.15) is 11.8 Å². The van der Waals surface area contributed by atoms with Crippen molar-refractivity contribution in [3.63, 3.8) is 0 Å². The van der Waals surface area contributed by atoms with Gasteiger partial charge in [0.25, 0.3) is 0 Å². The Morgan fingerprint density at radius 3 is 2.45 bits per heavy atom. The molecule has 0 radical (unpaired) electrons. The highest BCUT2D eigenvalue weighted by atomic mass is 32.2. The van der Waals surface area contributed by atoms with Crippen LogP contribution in [0.5, 0.6) is 0 Å². The SMILES string of the molecule is CC1CN(C(C)(CN)Cc2ccccc2F)CC(C)S1. The summed E-state index contributed by atoms with van der Waals surface area (Å²) >= 11 is 2.02. The highest BCUT2D eigenvalue weighted by Crippen LogP contribution is 2.31. The summed E-state index contributed by atoms with van der Waals surface area (Å²) in [6, 6.07) is 7.03. The Balaban J connectivity index is 2.18. The maximum absolute atomic E-state index is 13.9. The lowest BCUT2D eigenvalue weighted by molar-refractivity contribution is 0.107. The third-order valence-electron chi connectivity index (χ3n) is 4.15. The van der Waals surface area contributed by atoms with Crippen LogP contribution in [0, 0.1) is 5.82 Å². The first-order valence-corrected chi connectivity index (χ1v) is 8.23. The van der Waals surface area contributed by atoms with Crippen molar-refractivity contribution in [2.75, 3.05) is 19.6 Å². The molecule has 2 N–H and O–H groups in total. The molecule has 1 fully saturated rings. The summed E-state index contributed by atoms with van der Waals surface area (Å²) in [6.45, 7) is 9.27. The lowest BCUT2D eigenvalue weighted by Crippen LogP contribution is -2.58. The summed E-state index contributed by atoms with van der Waals surface area (Å²) in [5, 5.41) is 1.20. The van der Waals surface area contributed by atoms with Crippen molar-refractivity contribution in [2.45, 2.75) is 43.2 Å². The Morgan fingerprint density at radius 1 is 1.30 bits per heavy atom. The maximum Gasteiger partial charge on any atom is 0.126 e. The van der Waals surface area contributed by atoms with E-state index in [0.29, 0.717) is 23.5 Å². The van der Waals surface area contributed by atoms with E-state index in [1.54, 1.807) is 6.07 Å². The number of nitrogens with zero attached hydrogens (tertiary/aromatic N) is 1. The van der Waals surface area contributed by atoms with Crippen molar-refractivity contribution < 1.29 is 4.39 Å². The first-order chi connectivity index (χ1) is 9.44. The van der Waals surface area contributed by atoms with Crippen LogP contribution in [0.2, 0.25) is 0 Å². The summed E-state index contributed by atoms with van der Waals surface area (Å²) in [7, 11) is 0. The van der Waals surface area contributed by atoms with Crippen LogP contribution < -0.4 is 5.73 Å². The van der Waals surface area contributed by atoms with Gasteiger partial charge in [-0.1, -0.05) is 32.0 Å². The van der Waals surface area contributed by atoms with E-state index in [0.717, 1.165) is 18.7 Å².